The maximum atomic E-state index is 12.9. The van der Waals surface area contributed by atoms with E-state index >= 15 is 0 Å². The van der Waals surface area contributed by atoms with Crippen molar-refractivity contribution < 1.29 is 34.2 Å². The fraction of sp³-hybridized carbons (Fsp3) is 0.296. The first-order chi connectivity index (χ1) is 19.6. The van der Waals surface area contributed by atoms with E-state index < -0.39 is 36.2 Å². The number of carboxylic acid groups (broad SMARTS) is 1. The minimum Gasteiger partial charge on any atom is -0.478 e. The second-order valence-electron chi connectivity index (χ2n) is 9.57. The third-order valence-electron chi connectivity index (χ3n) is 6.81. The first-order valence-corrected chi connectivity index (χ1v) is 12.8. The second-order valence-corrected chi connectivity index (χ2v) is 9.57. The van der Waals surface area contributed by atoms with Gasteiger partial charge in [0.2, 0.25) is 12.1 Å². The number of rotatable bonds is 9. The predicted molar refractivity (Wildman–Crippen MR) is 148 cm³/mol. The Bertz CT molecular complexity index is 1480. The van der Waals surface area contributed by atoms with Crippen LogP contribution in [0, 0.1) is 0 Å². The summed E-state index contributed by atoms with van der Waals surface area (Å²) >= 11 is 0. The number of aliphatic carboxylic acids is 1. The molecule has 3 amide bonds. The molecule has 2 aromatic carbocycles. The molecule has 0 saturated carbocycles. The fourth-order valence-electron chi connectivity index (χ4n) is 4.56. The van der Waals surface area contributed by atoms with Crippen LogP contribution in [0.15, 0.2) is 53.7 Å². The number of ether oxygens (including phenoxy) is 1. The molecule has 14 nitrogen and oxygen atoms in total. The number of likely N-dealkylation sites (tertiary alicyclic amines) is 1. The highest BCUT2D eigenvalue weighted by molar-refractivity contribution is 6.08. The molecule has 3 aromatic rings. The highest BCUT2D eigenvalue weighted by Gasteiger charge is 2.32. The van der Waals surface area contributed by atoms with Crippen molar-refractivity contribution in [3.05, 3.63) is 65.4 Å². The van der Waals surface area contributed by atoms with Gasteiger partial charge in [0.25, 0.3) is 11.8 Å². The minimum absolute atomic E-state index is 0.0385. The number of carbonyl (C=O) groups excluding carboxylic acids is 3. The van der Waals surface area contributed by atoms with Gasteiger partial charge in [0, 0.05) is 35.1 Å². The van der Waals surface area contributed by atoms with E-state index in [2.05, 4.69) is 20.8 Å². The molecule has 9 N–H and O–H groups in total. The number of amides is 3. The predicted octanol–water partition coefficient (Wildman–Crippen LogP) is 0.811. The molecule has 216 valence electrons. The molecule has 1 aromatic heterocycles. The Balaban J connectivity index is 1.28. The van der Waals surface area contributed by atoms with Crippen molar-refractivity contribution >= 4 is 46.1 Å². The summed E-state index contributed by atoms with van der Waals surface area (Å²) < 4.78 is 5.68. The highest BCUT2D eigenvalue weighted by Crippen LogP contribution is 2.24. The summed E-state index contributed by atoms with van der Waals surface area (Å²) in [6, 6.07) is 12.2. The molecule has 0 aliphatic carbocycles. The third kappa shape index (κ3) is 6.55. The normalized spacial score (nSPS) is 15.7. The van der Waals surface area contributed by atoms with E-state index in [0.717, 1.165) is 0 Å². The smallest absolute Gasteiger partial charge is 0.354 e. The summed E-state index contributed by atoms with van der Waals surface area (Å²) in [4.78, 5) is 54.6. The van der Waals surface area contributed by atoms with Crippen LogP contribution in [0.3, 0.4) is 0 Å². The molecule has 2 heterocycles. The van der Waals surface area contributed by atoms with Crippen molar-refractivity contribution in [1.82, 2.24) is 20.5 Å². The Morgan fingerprint density at radius 3 is 2.27 bits per heavy atom. The molecular weight excluding hydrogens is 534 g/mol. The lowest BCUT2D eigenvalue weighted by Gasteiger charge is -2.34. The topological polar surface area (TPSA) is 225 Å². The maximum Gasteiger partial charge on any atom is 0.354 e. The number of piperidine rings is 1. The van der Waals surface area contributed by atoms with E-state index in [4.69, 9.17) is 21.4 Å². The number of carboxylic acids is 1. The number of hydrogen-bond donors (Lipinski definition) is 7. The Kier molecular flexibility index (Phi) is 8.72. The van der Waals surface area contributed by atoms with Crippen molar-refractivity contribution in [3.8, 4) is 0 Å². The fourth-order valence-corrected chi connectivity index (χ4v) is 4.56. The number of amidine groups is 1. The van der Waals surface area contributed by atoms with Crippen molar-refractivity contribution in [1.29, 1.82) is 0 Å². The van der Waals surface area contributed by atoms with Gasteiger partial charge in [0.05, 0.1) is 11.8 Å². The summed E-state index contributed by atoms with van der Waals surface area (Å²) in [5, 5.41) is 27.0. The van der Waals surface area contributed by atoms with Crippen LogP contribution in [-0.4, -0.2) is 81.2 Å². The van der Waals surface area contributed by atoms with Crippen LogP contribution >= 0.6 is 0 Å². The van der Waals surface area contributed by atoms with Crippen LogP contribution in [0.4, 0.5) is 5.69 Å². The maximum absolute atomic E-state index is 12.9. The first kappa shape index (κ1) is 28.9. The van der Waals surface area contributed by atoms with Gasteiger partial charge in [-0.15, -0.1) is 0 Å². The van der Waals surface area contributed by atoms with E-state index in [0.29, 0.717) is 34.9 Å². The molecule has 1 aliphatic heterocycles. The zero-order valence-electron chi connectivity index (χ0n) is 22.2. The van der Waals surface area contributed by atoms with E-state index in [1.807, 2.05) is 0 Å². The van der Waals surface area contributed by atoms with E-state index in [1.54, 1.807) is 36.1 Å². The molecule has 1 aliphatic rings. The Morgan fingerprint density at radius 2 is 1.66 bits per heavy atom. The van der Waals surface area contributed by atoms with Gasteiger partial charge in [-0.3, -0.25) is 14.4 Å². The minimum atomic E-state index is -1.62. The Labute approximate surface area is 234 Å². The number of benzene rings is 2. The molecule has 1 fully saturated rings. The molecule has 0 bridgehead atoms. The van der Waals surface area contributed by atoms with Crippen LogP contribution in [0.5, 0.6) is 0 Å². The van der Waals surface area contributed by atoms with Crippen LogP contribution in [0.1, 0.15) is 46.2 Å². The van der Waals surface area contributed by atoms with Crippen molar-refractivity contribution in [2.24, 2.45) is 10.9 Å². The molecule has 41 heavy (non-hydrogen) atoms. The number of nitrogen functional groups attached to an aromatic ring is 1. The lowest BCUT2D eigenvalue weighted by Crippen LogP contribution is -2.51. The number of carbonyl (C=O) groups is 4. The molecule has 0 radical (unpaired) electrons. The monoisotopic (exact) mass is 565 g/mol. The van der Waals surface area contributed by atoms with Gasteiger partial charge in [0.15, 0.2) is 5.84 Å². The summed E-state index contributed by atoms with van der Waals surface area (Å²) in [6.07, 6.45) is -1.49. The van der Waals surface area contributed by atoms with Gasteiger partial charge < -0.3 is 47.0 Å². The zero-order chi connectivity index (χ0) is 29.7. The SMILES string of the molecule is CC(NC(=O)c1ccc(/C(N)=N/O)cc1)C(=O)N1CCC(OC(NC(=O)c2[nH]c3ccccc3c2N)C(=O)O)CC1. The third-order valence-corrected chi connectivity index (χ3v) is 6.81. The van der Waals surface area contributed by atoms with Gasteiger partial charge in [-0.25, -0.2) is 4.79 Å². The lowest BCUT2D eigenvalue weighted by molar-refractivity contribution is -0.159. The van der Waals surface area contributed by atoms with Gasteiger partial charge >= 0.3 is 5.97 Å². The number of nitrogens with one attached hydrogen (secondary N) is 3. The Morgan fingerprint density at radius 1 is 1.02 bits per heavy atom. The molecule has 1 saturated heterocycles. The van der Waals surface area contributed by atoms with Gasteiger partial charge in [-0.2, -0.15) is 0 Å². The average molecular weight is 566 g/mol. The van der Waals surface area contributed by atoms with E-state index in [1.165, 1.54) is 24.3 Å². The van der Waals surface area contributed by atoms with Crippen molar-refractivity contribution in [2.75, 3.05) is 18.8 Å². The number of nitrogens with two attached hydrogens (primary N) is 2. The summed E-state index contributed by atoms with van der Waals surface area (Å²) in [5.74, 6) is -2.96. The average Bonchev–Trinajstić information content (AvgIpc) is 3.32. The highest BCUT2D eigenvalue weighted by atomic mass is 16.5. The summed E-state index contributed by atoms with van der Waals surface area (Å²) in [7, 11) is 0. The largest absolute Gasteiger partial charge is 0.478 e. The number of H-pyrrole nitrogens is 1. The molecule has 2 atom stereocenters. The molecular formula is C27H31N7O7. The quantitative estimate of drug-likeness (QED) is 0.0639. The molecule has 2 unspecified atom stereocenters. The van der Waals surface area contributed by atoms with Crippen LogP contribution in [0.2, 0.25) is 0 Å². The van der Waals surface area contributed by atoms with Crippen LogP contribution < -0.4 is 22.1 Å². The zero-order valence-corrected chi connectivity index (χ0v) is 22.2. The number of nitrogens with zero attached hydrogens (tertiary/aromatic N) is 2. The molecule has 4 rings (SSSR count). The number of para-hydroxylation sites is 1. The van der Waals surface area contributed by atoms with E-state index in [9.17, 15) is 24.3 Å². The Hall–Kier alpha value is -5.11. The second kappa shape index (κ2) is 12.4. The van der Waals surface area contributed by atoms with Gasteiger partial charge in [-0.1, -0.05) is 35.5 Å². The standard InChI is InChI=1S/C27H31N7O7/c1-14(30-23(35)16-8-6-15(7-9-16)22(29)33-40)26(37)34-12-10-17(11-13-34)41-25(27(38)39)32-24(36)21-20(28)18-4-2-3-5-19(18)31-21/h2-9,14,17,25,31,40H,10-13,28H2,1H3,(H2,29,33)(H,30,35)(H,32,36)(H,38,39). The van der Waals surface area contributed by atoms with E-state index in [-0.39, 0.29) is 36.2 Å². The number of oxime groups is 1. The van der Waals surface area contributed by atoms with Gasteiger partial charge in [-0.05, 0) is 38.0 Å². The summed E-state index contributed by atoms with van der Waals surface area (Å²) in [6.45, 7) is 2.11. The lowest BCUT2D eigenvalue weighted by atomic mass is 10.1. The van der Waals surface area contributed by atoms with Gasteiger partial charge in [0.1, 0.15) is 11.7 Å². The number of aromatic amines is 1. The van der Waals surface area contributed by atoms with Crippen molar-refractivity contribution in [2.45, 2.75) is 38.1 Å². The number of anilines is 1. The summed E-state index contributed by atoms with van der Waals surface area (Å²) in [5.41, 5.74) is 13.2. The first-order valence-electron chi connectivity index (χ1n) is 12.8. The number of hydrogen-bond acceptors (Lipinski definition) is 8. The molecule has 14 heteroatoms. The van der Waals surface area contributed by atoms with Crippen LogP contribution in [-0.2, 0) is 14.3 Å². The molecule has 0 spiro atoms. The van der Waals surface area contributed by atoms with Crippen LogP contribution in [0.25, 0.3) is 10.9 Å². The van der Waals surface area contributed by atoms with Crippen molar-refractivity contribution in [3.63, 3.8) is 0 Å². The number of fused-ring (bicyclic) bond motifs is 1. The number of aromatic nitrogens is 1.